The number of rotatable bonds is 9. The number of methoxy groups -OCH3 is 1. The molecule has 5 rings (SSSR count). The van der Waals surface area contributed by atoms with Crippen LogP contribution < -0.4 is 25.4 Å². The van der Waals surface area contributed by atoms with Gasteiger partial charge in [-0.1, -0.05) is 6.07 Å². The lowest BCUT2D eigenvalue weighted by atomic mass is 9.83. The summed E-state index contributed by atoms with van der Waals surface area (Å²) in [6.45, 7) is 0. The topological polar surface area (TPSA) is 93.7 Å². The highest BCUT2D eigenvalue weighted by Crippen LogP contribution is 3.02. The van der Waals surface area contributed by atoms with Crippen molar-refractivity contribution in [2.45, 2.75) is 62.0 Å². The summed E-state index contributed by atoms with van der Waals surface area (Å²) in [6.07, 6.45) is 6.65. The van der Waals surface area contributed by atoms with E-state index in [1.165, 1.54) is 19.2 Å². The quantitative estimate of drug-likeness (QED) is 0.240. The molecule has 0 aliphatic heterocycles. The molecule has 7 nitrogen and oxygen atoms in total. The number of ether oxygens (including phenoxy) is 2. The Morgan fingerprint density at radius 2 is 1.70 bits per heavy atom. The van der Waals surface area contributed by atoms with Gasteiger partial charge in [-0.3, -0.25) is 9.59 Å². The third-order valence-electron chi connectivity index (χ3n) is 9.04. The van der Waals surface area contributed by atoms with Crippen LogP contribution in [0.4, 0.5) is 17.3 Å². The molecule has 2 N–H and O–H groups in total. The van der Waals surface area contributed by atoms with Crippen LogP contribution in [0, 0.1) is 23.7 Å². The first-order valence-corrected chi connectivity index (χ1v) is 19.1. The number of hydrogen-bond donors (Lipinski definition) is 2. The Kier molecular flexibility index (Phi) is 8.37. The number of benzene rings is 2. The number of aldehydes is 1. The number of fused-ring (bicyclic) bond motifs is 2. The Bertz CT molecular complexity index is 1430. The SMILES string of the molecule is COc1cc(P)c(OC2CCC(C=O)CC2)cc1C(=O)N[C@H]1[C@H]2CC[C@H](C2)[C@H]1C(=O)Nc1cccc(S(C)(F)(F)(F)P)c1. The zero-order chi connectivity index (χ0) is 31.2. The van der Waals surface area contributed by atoms with Gasteiger partial charge in [-0.05, 0) is 95.6 Å². The molecule has 0 spiro atoms. The Morgan fingerprint density at radius 1 is 1.00 bits per heavy atom. The second-order valence-corrected chi connectivity index (χ2v) is 20.7. The van der Waals surface area contributed by atoms with Crippen LogP contribution >= 0.6 is 26.8 Å². The fourth-order valence-corrected chi connectivity index (χ4v) is 8.43. The summed E-state index contributed by atoms with van der Waals surface area (Å²) in [4.78, 5) is 37.6. The lowest BCUT2D eigenvalue weighted by Gasteiger charge is -2.51. The molecular weight excluding hydrogens is 619 g/mol. The number of carbonyl (C=O) groups excluding carboxylic acids is 3. The highest BCUT2D eigenvalue weighted by molar-refractivity contribution is 8.84. The molecule has 0 saturated heterocycles. The zero-order valence-corrected chi connectivity index (χ0v) is 27.3. The molecule has 2 unspecified atom stereocenters. The summed E-state index contributed by atoms with van der Waals surface area (Å²) >= 11 is 0. The maximum Gasteiger partial charge on any atom is 0.255 e. The number of amides is 2. The maximum absolute atomic E-state index is 14.6. The van der Waals surface area contributed by atoms with Gasteiger partial charge in [-0.2, -0.15) is 0 Å². The Labute approximate surface area is 254 Å². The van der Waals surface area contributed by atoms with Gasteiger partial charge in [-0.15, -0.1) is 20.9 Å². The van der Waals surface area contributed by atoms with Crippen LogP contribution in [0.25, 0.3) is 0 Å². The summed E-state index contributed by atoms with van der Waals surface area (Å²) in [5.41, 5.74) is 0.340. The Balaban J connectivity index is 1.33. The van der Waals surface area contributed by atoms with E-state index in [2.05, 4.69) is 19.9 Å². The molecule has 3 aliphatic carbocycles. The van der Waals surface area contributed by atoms with Crippen LogP contribution in [0.15, 0.2) is 41.3 Å². The van der Waals surface area contributed by atoms with Crippen molar-refractivity contribution >= 4 is 55.8 Å². The van der Waals surface area contributed by atoms with Crippen LogP contribution in [0.1, 0.15) is 55.3 Å². The predicted octanol–water partition coefficient (Wildman–Crippen LogP) is 6.42. The van der Waals surface area contributed by atoms with E-state index in [9.17, 15) is 26.0 Å². The molecule has 3 fully saturated rings. The van der Waals surface area contributed by atoms with Gasteiger partial charge < -0.3 is 24.9 Å². The highest BCUT2D eigenvalue weighted by Gasteiger charge is 2.54. The van der Waals surface area contributed by atoms with Gasteiger partial charge in [-0.25, -0.2) is 0 Å². The zero-order valence-electron chi connectivity index (χ0n) is 24.2. The Morgan fingerprint density at radius 3 is 2.35 bits per heavy atom. The molecule has 13 heteroatoms. The minimum Gasteiger partial charge on any atom is -0.496 e. The summed E-state index contributed by atoms with van der Waals surface area (Å²) < 4.78 is 55.7. The molecule has 3 aliphatic rings. The summed E-state index contributed by atoms with van der Waals surface area (Å²) in [5.74, 6) is -0.338. The van der Waals surface area contributed by atoms with Crippen molar-refractivity contribution in [3.63, 3.8) is 0 Å². The Hall–Kier alpha value is -2.35. The van der Waals surface area contributed by atoms with Crippen molar-refractivity contribution in [1.82, 2.24) is 5.32 Å². The molecule has 236 valence electrons. The van der Waals surface area contributed by atoms with Crippen molar-refractivity contribution in [2.24, 2.45) is 23.7 Å². The first-order chi connectivity index (χ1) is 20.1. The van der Waals surface area contributed by atoms with Gasteiger partial charge in [0.25, 0.3) is 5.91 Å². The number of hydrogen-bond acceptors (Lipinski definition) is 5. The molecule has 6 atom stereocenters. The van der Waals surface area contributed by atoms with Crippen molar-refractivity contribution in [3.05, 3.63) is 42.0 Å². The van der Waals surface area contributed by atoms with Gasteiger partial charge in [0, 0.05) is 29.2 Å². The van der Waals surface area contributed by atoms with Gasteiger partial charge in [0.15, 0.2) is 0 Å². The first-order valence-electron chi connectivity index (χ1n) is 14.4. The molecule has 2 aromatic rings. The first kappa shape index (κ1) is 32.1. The van der Waals surface area contributed by atoms with Gasteiger partial charge >= 0.3 is 0 Å². The standard InChI is InChI=1S/C30H39F3N2O5P2S/c1-39-24-15-26(41)25(40-21-10-6-17(16-36)7-11-21)14-23(24)29(37)35-28-19-9-8-18(12-19)27(28)30(38)34-20-4-3-5-22(13-20)43(2,31,32,33)42/h3-5,13-19,21,27-28H,6-12,41-42H2,1-2H3,(H,34,38)(H,35,37)/t17?,18-,19+,21?,27-,28+/m1/s1. The van der Waals surface area contributed by atoms with Gasteiger partial charge in [0.1, 0.15) is 17.8 Å². The fraction of sp³-hybridized carbons (Fsp3) is 0.500. The monoisotopic (exact) mass is 658 g/mol. The van der Waals surface area contributed by atoms with E-state index in [1.54, 1.807) is 12.1 Å². The molecule has 0 heterocycles. The van der Waals surface area contributed by atoms with Crippen molar-refractivity contribution < 1.29 is 35.5 Å². The molecule has 3 saturated carbocycles. The van der Waals surface area contributed by atoms with E-state index in [0.717, 1.165) is 77.1 Å². The van der Waals surface area contributed by atoms with E-state index in [0.29, 0.717) is 11.5 Å². The third-order valence-corrected chi connectivity index (χ3v) is 11.8. The second-order valence-electron chi connectivity index (χ2n) is 12.5. The lowest BCUT2D eigenvalue weighted by Crippen LogP contribution is -2.48. The van der Waals surface area contributed by atoms with E-state index >= 15 is 0 Å². The highest BCUT2D eigenvalue weighted by atomic mass is 32.9. The number of anilines is 1. The van der Waals surface area contributed by atoms with Crippen LogP contribution in [-0.4, -0.2) is 43.6 Å². The molecular formula is C30H39F3N2O5P2S. The molecule has 0 aromatic heterocycles. The van der Waals surface area contributed by atoms with Crippen LogP contribution in [-0.2, 0) is 9.59 Å². The van der Waals surface area contributed by atoms with E-state index in [1.807, 2.05) is 0 Å². The number of nitrogens with one attached hydrogen (secondary N) is 2. The third kappa shape index (κ3) is 7.15. The van der Waals surface area contributed by atoms with Crippen molar-refractivity contribution in [1.29, 1.82) is 0 Å². The number of carbonyl (C=O) groups is 3. The van der Waals surface area contributed by atoms with Gasteiger partial charge in [0.2, 0.25) is 5.91 Å². The van der Waals surface area contributed by atoms with Crippen LogP contribution in [0.5, 0.6) is 11.5 Å². The summed E-state index contributed by atoms with van der Waals surface area (Å²) in [6, 6.07) is 7.59. The fourth-order valence-electron chi connectivity index (χ4n) is 6.80. The molecule has 43 heavy (non-hydrogen) atoms. The second kappa shape index (κ2) is 11.2. The van der Waals surface area contributed by atoms with Crippen molar-refractivity contribution in [2.75, 3.05) is 18.7 Å². The average molecular weight is 659 g/mol. The summed E-state index contributed by atoms with van der Waals surface area (Å²) in [5, 5.41) is 6.50. The molecule has 2 bridgehead atoms. The minimum absolute atomic E-state index is 0.0244. The van der Waals surface area contributed by atoms with E-state index in [4.69, 9.17) is 9.47 Å². The molecule has 2 aromatic carbocycles. The van der Waals surface area contributed by atoms with E-state index < -0.39 is 37.7 Å². The largest absolute Gasteiger partial charge is 0.496 e. The van der Waals surface area contributed by atoms with Gasteiger partial charge in [0.05, 0.1) is 38.7 Å². The average Bonchev–Trinajstić information content (AvgIpc) is 3.55. The maximum atomic E-state index is 14.6. The smallest absolute Gasteiger partial charge is 0.255 e. The number of halogens is 3. The normalized spacial score (nSPS) is 28.3. The van der Waals surface area contributed by atoms with E-state index in [-0.39, 0.29) is 41.4 Å². The van der Waals surface area contributed by atoms with Crippen molar-refractivity contribution in [3.8, 4) is 11.5 Å². The molecule has 0 radical (unpaired) electrons. The van der Waals surface area contributed by atoms with Crippen LogP contribution in [0.3, 0.4) is 0 Å². The molecule has 2 amide bonds. The predicted molar refractivity (Wildman–Crippen MR) is 170 cm³/mol. The lowest BCUT2D eigenvalue weighted by molar-refractivity contribution is -0.122. The van der Waals surface area contributed by atoms with Crippen LogP contribution in [0.2, 0.25) is 0 Å². The summed E-state index contributed by atoms with van der Waals surface area (Å²) in [7, 11) is -1.87. The minimum atomic E-state index is -7.02.